The zero-order valence-electron chi connectivity index (χ0n) is 20.4. The van der Waals surface area contributed by atoms with Gasteiger partial charge in [0.2, 0.25) is 5.76 Å². The number of rotatable bonds is 9. The van der Waals surface area contributed by atoms with Gasteiger partial charge < -0.3 is 23.5 Å². The molecule has 0 aliphatic carbocycles. The molecule has 0 bridgehead atoms. The quantitative estimate of drug-likeness (QED) is 0.423. The van der Waals surface area contributed by atoms with E-state index in [0.29, 0.717) is 60.8 Å². The minimum absolute atomic E-state index is 0.106. The first-order chi connectivity index (χ1) is 16.4. The van der Waals surface area contributed by atoms with E-state index < -0.39 is 6.04 Å². The average Bonchev–Trinajstić information content (AvgIpc) is 3.09. The van der Waals surface area contributed by atoms with E-state index in [-0.39, 0.29) is 17.1 Å². The lowest BCUT2D eigenvalue weighted by Crippen LogP contribution is -2.31. The number of carbonyl (C=O) groups is 1. The molecule has 1 unspecified atom stereocenters. The van der Waals surface area contributed by atoms with Gasteiger partial charge in [0, 0.05) is 20.3 Å². The molecule has 0 spiro atoms. The topological polar surface area (TPSA) is 78.2 Å². The number of hydrogen-bond donors (Lipinski definition) is 0. The molecule has 2 aromatic carbocycles. The number of methoxy groups -OCH3 is 1. The van der Waals surface area contributed by atoms with E-state index in [1.54, 1.807) is 12.0 Å². The molecule has 1 aromatic heterocycles. The Morgan fingerprint density at radius 1 is 0.971 bits per heavy atom. The minimum Gasteiger partial charge on any atom is -0.490 e. The first-order valence-electron chi connectivity index (χ1n) is 11.7. The number of carbonyl (C=O) groups excluding carboxylic acids is 1. The van der Waals surface area contributed by atoms with Crippen LogP contribution in [0.1, 0.15) is 59.1 Å². The summed E-state index contributed by atoms with van der Waals surface area (Å²) in [7, 11) is 1.63. The zero-order valence-corrected chi connectivity index (χ0v) is 20.4. The maximum atomic E-state index is 13.7. The number of hydrogen-bond acceptors (Lipinski definition) is 6. The van der Waals surface area contributed by atoms with E-state index in [1.165, 1.54) is 0 Å². The van der Waals surface area contributed by atoms with Crippen LogP contribution in [0.3, 0.4) is 0 Å². The van der Waals surface area contributed by atoms with Crippen molar-refractivity contribution in [1.82, 2.24) is 4.90 Å². The van der Waals surface area contributed by atoms with E-state index in [1.807, 2.05) is 58.0 Å². The number of nitrogens with zero attached hydrogens (tertiary/aromatic N) is 1. The van der Waals surface area contributed by atoms with Crippen LogP contribution in [0.5, 0.6) is 11.5 Å². The summed E-state index contributed by atoms with van der Waals surface area (Å²) in [6.07, 6.45) is 0.633. The molecule has 34 heavy (non-hydrogen) atoms. The number of ether oxygens (including phenoxy) is 3. The summed E-state index contributed by atoms with van der Waals surface area (Å²) in [4.78, 5) is 28.9. The first kappa shape index (κ1) is 23.8. The molecule has 7 heteroatoms. The van der Waals surface area contributed by atoms with Gasteiger partial charge >= 0.3 is 0 Å². The van der Waals surface area contributed by atoms with Crippen molar-refractivity contribution in [2.24, 2.45) is 0 Å². The van der Waals surface area contributed by atoms with Crippen molar-refractivity contribution in [2.45, 2.75) is 40.2 Å². The van der Waals surface area contributed by atoms with E-state index in [4.69, 9.17) is 18.6 Å². The molecule has 0 fully saturated rings. The molecule has 0 N–H and O–H groups in total. The van der Waals surface area contributed by atoms with Crippen LogP contribution in [0.25, 0.3) is 11.0 Å². The summed E-state index contributed by atoms with van der Waals surface area (Å²) in [5.41, 5.74) is 3.38. The van der Waals surface area contributed by atoms with Crippen molar-refractivity contribution in [3.05, 3.63) is 68.6 Å². The summed E-state index contributed by atoms with van der Waals surface area (Å²) < 4.78 is 22.8. The maximum absolute atomic E-state index is 13.7. The van der Waals surface area contributed by atoms with E-state index in [0.717, 1.165) is 16.7 Å². The number of fused-ring (bicyclic) bond motifs is 2. The Bertz CT molecular complexity index is 1280. The van der Waals surface area contributed by atoms with Gasteiger partial charge in [-0.1, -0.05) is 6.07 Å². The van der Waals surface area contributed by atoms with Crippen LogP contribution < -0.4 is 14.9 Å². The van der Waals surface area contributed by atoms with Crippen LogP contribution in [0.15, 0.2) is 39.5 Å². The summed E-state index contributed by atoms with van der Waals surface area (Å²) in [5, 5.41) is 0.481. The minimum atomic E-state index is -0.587. The molecule has 3 aromatic rings. The van der Waals surface area contributed by atoms with Gasteiger partial charge in [-0.05, 0) is 75.1 Å². The lowest BCUT2D eigenvalue weighted by molar-refractivity contribution is 0.0707. The van der Waals surface area contributed by atoms with Crippen molar-refractivity contribution in [3.8, 4) is 11.5 Å². The molecule has 0 saturated heterocycles. The highest BCUT2D eigenvalue weighted by molar-refractivity contribution is 5.99. The molecule has 4 rings (SSSR count). The fourth-order valence-corrected chi connectivity index (χ4v) is 4.47. The number of amides is 1. The zero-order chi connectivity index (χ0) is 24.4. The predicted octanol–water partition coefficient (Wildman–Crippen LogP) is 4.79. The second kappa shape index (κ2) is 9.89. The summed E-state index contributed by atoms with van der Waals surface area (Å²) in [5.74, 6) is 1.02. The lowest BCUT2D eigenvalue weighted by Gasteiger charge is -2.26. The maximum Gasteiger partial charge on any atom is 0.290 e. The third-order valence-corrected chi connectivity index (χ3v) is 6.21. The monoisotopic (exact) mass is 465 g/mol. The normalized spacial score (nSPS) is 15.1. The number of benzene rings is 2. The van der Waals surface area contributed by atoms with Crippen LogP contribution >= 0.6 is 0 Å². The van der Waals surface area contributed by atoms with Crippen molar-refractivity contribution in [3.63, 3.8) is 0 Å². The van der Waals surface area contributed by atoms with E-state index >= 15 is 0 Å². The molecule has 1 atom stereocenters. The molecule has 0 radical (unpaired) electrons. The molecule has 0 saturated carbocycles. The third-order valence-electron chi connectivity index (χ3n) is 6.21. The Morgan fingerprint density at radius 2 is 1.68 bits per heavy atom. The van der Waals surface area contributed by atoms with Crippen molar-refractivity contribution >= 4 is 16.9 Å². The average molecular weight is 466 g/mol. The highest BCUT2D eigenvalue weighted by Gasteiger charge is 2.42. The molecular formula is C27H31NO6. The Balaban J connectivity index is 1.92. The summed E-state index contributed by atoms with van der Waals surface area (Å²) in [6, 6.07) is 8.65. The molecule has 1 aliphatic rings. The van der Waals surface area contributed by atoms with Crippen molar-refractivity contribution < 1.29 is 23.4 Å². The molecule has 1 aliphatic heterocycles. The fraction of sp³-hybridized carbons (Fsp3) is 0.407. The van der Waals surface area contributed by atoms with Crippen LogP contribution in [0, 0.1) is 13.8 Å². The van der Waals surface area contributed by atoms with E-state index in [2.05, 4.69) is 0 Å². The SMILES string of the molecule is CCOc1ccc(C2c3c(oc4cc(C)c(C)cc4c3=O)C(=O)N2CCCOC)cc1OCC. The largest absolute Gasteiger partial charge is 0.490 e. The fourth-order valence-electron chi connectivity index (χ4n) is 4.47. The smallest absolute Gasteiger partial charge is 0.290 e. The summed E-state index contributed by atoms with van der Waals surface area (Å²) in [6.45, 7) is 9.62. The first-order valence-corrected chi connectivity index (χ1v) is 11.7. The number of aryl methyl sites for hydroxylation is 2. The Labute approximate surface area is 199 Å². The van der Waals surface area contributed by atoms with Crippen molar-refractivity contribution in [2.75, 3.05) is 33.5 Å². The standard InChI is InChI=1S/C27H31NO6/c1-6-32-20-10-9-18(15-22(20)33-7-2)24-23-25(29)19-13-16(3)17(4)14-21(19)34-26(23)27(30)28(24)11-8-12-31-5/h9-10,13-15,24H,6-8,11-12H2,1-5H3. The van der Waals surface area contributed by atoms with Crippen LogP contribution in [0.2, 0.25) is 0 Å². The third kappa shape index (κ3) is 4.16. The van der Waals surface area contributed by atoms with Gasteiger partial charge in [-0.2, -0.15) is 0 Å². The van der Waals surface area contributed by atoms with Gasteiger partial charge in [-0.15, -0.1) is 0 Å². The van der Waals surface area contributed by atoms with Crippen molar-refractivity contribution in [1.29, 1.82) is 0 Å². The van der Waals surface area contributed by atoms with Gasteiger partial charge in [0.25, 0.3) is 5.91 Å². The lowest BCUT2D eigenvalue weighted by atomic mass is 9.97. The van der Waals surface area contributed by atoms with E-state index in [9.17, 15) is 9.59 Å². The Kier molecular flexibility index (Phi) is 6.93. The molecule has 2 heterocycles. The molecule has 7 nitrogen and oxygen atoms in total. The second-order valence-electron chi connectivity index (χ2n) is 8.43. The second-order valence-corrected chi connectivity index (χ2v) is 8.43. The van der Waals surface area contributed by atoms with Gasteiger partial charge in [-0.25, -0.2) is 0 Å². The Hall–Kier alpha value is -3.32. The predicted molar refractivity (Wildman–Crippen MR) is 130 cm³/mol. The van der Waals surface area contributed by atoms with Crippen LogP contribution in [0.4, 0.5) is 0 Å². The molecule has 1 amide bonds. The van der Waals surface area contributed by atoms with Gasteiger partial charge in [0.1, 0.15) is 5.58 Å². The van der Waals surface area contributed by atoms with Gasteiger partial charge in [0.15, 0.2) is 16.9 Å². The summed E-state index contributed by atoms with van der Waals surface area (Å²) >= 11 is 0. The van der Waals surface area contributed by atoms with Crippen LogP contribution in [-0.2, 0) is 4.74 Å². The molecular weight excluding hydrogens is 434 g/mol. The van der Waals surface area contributed by atoms with Gasteiger partial charge in [0.05, 0.1) is 30.2 Å². The highest BCUT2D eigenvalue weighted by atomic mass is 16.5. The van der Waals surface area contributed by atoms with Gasteiger partial charge in [-0.3, -0.25) is 9.59 Å². The Morgan fingerprint density at radius 3 is 2.38 bits per heavy atom. The highest BCUT2D eigenvalue weighted by Crippen LogP contribution is 2.41. The van der Waals surface area contributed by atoms with Crippen LogP contribution in [-0.4, -0.2) is 44.3 Å². The molecule has 180 valence electrons.